The number of benzene rings is 7. The van der Waals surface area contributed by atoms with Crippen molar-refractivity contribution >= 4 is 58.9 Å². The van der Waals surface area contributed by atoms with E-state index in [0.717, 1.165) is 27.5 Å². The van der Waals surface area contributed by atoms with Crippen molar-refractivity contribution < 1.29 is 0 Å². The first-order valence-corrected chi connectivity index (χ1v) is 20.3. The smallest absolute Gasteiger partial charge is 0.238 e. The third-order valence-corrected chi connectivity index (χ3v) is 13.3. The van der Waals surface area contributed by atoms with Crippen LogP contribution in [-0.2, 0) is 5.41 Å². The van der Waals surface area contributed by atoms with E-state index in [4.69, 9.17) is 15.0 Å². The summed E-state index contributed by atoms with van der Waals surface area (Å²) in [6, 6.07) is 56.9. The van der Waals surface area contributed by atoms with E-state index < -0.39 is 5.41 Å². The molecule has 0 saturated carbocycles. The first kappa shape index (κ1) is 32.3. The molecule has 12 rings (SSSR count). The second-order valence-electron chi connectivity index (χ2n) is 15.1. The van der Waals surface area contributed by atoms with Gasteiger partial charge in [0.05, 0.1) is 16.4 Å². The van der Waals surface area contributed by atoms with Crippen LogP contribution in [0.4, 0.5) is 0 Å². The maximum Gasteiger partial charge on any atom is 0.238 e. The number of aromatic nitrogens is 4. The van der Waals surface area contributed by atoms with Gasteiger partial charge in [0.1, 0.15) is 0 Å². The number of hydrogen-bond donors (Lipinski definition) is 0. The molecular formula is C52H34N4S. The summed E-state index contributed by atoms with van der Waals surface area (Å²) >= 11 is 1.81. The fourth-order valence-electron chi connectivity index (χ4n) is 9.90. The molecular weight excluding hydrogens is 713 g/mol. The summed E-state index contributed by atoms with van der Waals surface area (Å²) in [4.78, 5) is 16.0. The van der Waals surface area contributed by atoms with E-state index in [-0.39, 0.29) is 0 Å². The molecule has 3 heterocycles. The number of thiophene rings is 1. The number of hydrogen-bond acceptors (Lipinski definition) is 4. The minimum absolute atomic E-state index is 0.465. The predicted octanol–water partition coefficient (Wildman–Crippen LogP) is 13.3. The summed E-state index contributed by atoms with van der Waals surface area (Å²) in [6.07, 6.45) is 4.52. The highest BCUT2D eigenvalue weighted by Gasteiger charge is 2.52. The van der Waals surface area contributed by atoms with Crippen molar-refractivity contribution in [3.8, 4) is 39.9 Å². The molecule has 2 aliphatic rings. The first-order chi connectivity index (χ1) is 28.1. The van der Waals surface area contributed by atoms with Gasteiger partial charge in [-0.15, -0.1) is 11.3 Å². The van der Waals surface area contributed by atoms with Gasteiger partial charge in [0.15, 0.2) is 11.6 Å². The standard InChI is InChI=1S/C52H34N4S/c1-3-15-40-31(2)34-18-7-11-22-41(34)52(40)42-23-12-8-21-39(42)47-43(52)29-28-38-35-19-9-13-24-44(35)56(48(38)47)51-54-49(32-16-5-4-6-17-32)53-50(55-51)33-26-27-37-36-20-10-14-25-45(36)57-46(37)30-33/h3-30H,1-2H3/b15-3-. The van der Waals surface area contributed by atoms with Crippen LogP contribution in [0.1, 0.15) is 36.1 Å². The number of para-hydroxylation sites is 1. The van der Waals surface area contributed by atoms with E-state index in [1.54, 1.807) is 11.3 Å². The minimum Gasteiger partial charge on any atom is -0.277 e. The minimum atomic E-state index is -0.465. The van der Waals surface area contributed by atoms with Crippen LogP contribution in [0, 0.1) is 0 Å². The Bertz CT molecular complexity index is 3380. The van der Waals surface area contributed by atoms with Gasteiger partial charge in [-0.2, -0.15) is 9.97 Å². The largest absolute Gasteiger partial charge is 0.277 e. The van der Waals surface area contributed by atoms with Crippen LogP contribution in [0.25, 0.3) is 87.4 Å². The second kappa shape index (κ2) is 12.0. The van der Waals surface area contributed by atoms with Crippen molar-refractivity contribution in [2.75, 3.05) is 0 Å². The van der Waals surface area contributed by atoms with Crippen molar-refractivity contribution in [2.45, 2.75) is 19.3 Å². The zero-order valence-electron chi connectivity index (χ0n) is 31.4. The molecule has 268 valence electrons. The van der Waals surface area contributed by atoms with E-state index in [2.05, 4.69) is 170 Å². The fraction of sp³-hybridized carbons (Fsp3) is 0.0577. The summed E-state index contributed by atoms with van der Waals surface area (Å²) in [5, 5.41) is 4.86. The van der Waals surface area contributed by atoms with Gasteiger partial charge in [0.25, 0.3) is 0 Å². The first-order valence-electron chi connectivity index (χ1n) is 19.5. The molecule has 7 aromatic carbocycles. The predicted molar refractivity (Wildman–Crippen MR) is 237 cm³/mol. The Morgan fingerprint density at radius 2 is 1.19 bits per heavy atom. The van der Waals surface area contributed by atoms with Crippen molar-refractivity contribution in [3.05, 3.63) is 198 Å². The van der Waals surface area contributed by atoms with Gasteiger partial charge in [-0.25, -0.2) is 4.98 Å². The van der Waals surface area contributed by atoms with Gasteiger partial charge in [-0.3, -0.25) is 4.57 Å². The highest BCUT2D eigenvalue weighted by Crippen LogP contribution is 2.63. The summed E-state index contributed by atoms with van der Waals surface area (Å²) < 4.78 is 4.79. The summed E-state index contributed by atoms with van der Waals surface area (Å²) in [7, 11) is 0. The van der Waals surface area contributed by atoms with Gasteiger partial charge in [0.2, 0.25) is 5.95 Å². The molecule has 10 aromatic rings. The van der Waals surface area contributed by atoms with Gasteiger partial charge in [0, 0.05) is 47.6 Å². The third-order valence-electron chi connectivity index (χ3n) is 12.2. The average Bonchev–Trinajstić information content (AvgIpc) is 3.97. The Morgan fingerprint density at radius 3 is 2.02 bits per heavy atom. The van der Waals surface area contributed by atoms with Crippen molar-refractivity contribution in [1.29, 1.82) is 0 Å². The summed E-state index contributed by atoms with van der Waals surface area (Å²) in [5.41, 5.74) is 13.9. The third kappa shape index (κ3) is 4.35. The van der Waals surface area contributed by atoms with E-state index in [9.17, 15) is 0 Å². The molecule has 0 fully saturated rings. The Balaban J connectivity index is 1.20. The van der Waals surface area contributed by atoms with Gasteiger partial charge >= 0.3 is 0 Å². The zero-order valence-corrected chi connectivity index (χ0v) is 32.2. The Morgan fingerprint density at radius 1 is 0.544 bits per heavy atom. The van der Waals surface area contributed by atoms with Crippen LogP contribution in [-0.4, -0.2) is 19.5 Å². The molecule has 0 amide bonds. The molecule has 0 bridgehead atoms. The Kier molecular flexibility index (Phi) is 6.82. The lowest BCUT2D eigenvalue weighted by atomic mass is 9.69. The second-order valence-corrected chi connectivity index (χ2v) is 16.2. The molecule has 1 atom stereocenters. The highest BCUT2D eigenvalue weighted by molar-refractivity contribution is 7.25. The van der Waals surface area contributed by atoms with E-state index in [1.807, 2.05) is 18.2 Å². The number of fused-ring (bicyclic) bond motifs is 14. The number of allylic oxidation sites excluding steroid dienone is 4. The number of rotatable bonds is 4. The van der Waals surface area contributed by atoms with E-state index in [0.29, 0.717) is 17.6 Å². The van der Waals surface area contributed by atoms with Crippen LogP contribution in [0.3, 0.4) is 0 Å². The SMILES string of the molecule is C/C=C\C1=C(C)c2ccccc2C12c1ccccc1-c1c2ccc2c3ccccc3n(-c3nc(-c4ccccc4)nc(-c4ccc5c(c4)sc4ccccc45)n3)c12. The highest BCUT2D eigenvalue weighted by atomic mass is 32.1. The molecule has 1 unspecified atom stereocenters. The maximum absolute atomic E-state index is 5.42. The van der Waals surface area contributed by atoms with Crippen LogP contribution >= 0.6 is 11.3 Å². The molecule has 5 heteroatoms. The number of nitrogens with zero attached hydrogens (tertiary/aromatic N) is 4. The van der Waals surface area contributed by atoms with Crippen molar-refractivity contribution in [3.63, 3.8) is 0 Å². The molecule has 3 aromatic heterocycles. The summed E-state index contributed by atoms with van der Waals surface area (Å²) in [6.45, 7) is 4.41. The van der Waals surface area contributed by atoms with Gasteiger partial charge in [-0.1, -0.05) is 152 Å². The Hall–Kier alpha value is -6.95. The molecule has 4 nitrogen and oxygen atoms in total. The fourth-order valence-corrected chi connectivity index (χ4v) is 11.0. The Labute approximate surface area is 333 Å². The lowest BCUT2D eigenvalue weighted by molar-refractivity contribution is 0.786. The van der Waals surface area contributed by atoms with Crippen molar-refractivity contribution in [2.24, 2.45) is 0 Å². The molecule has 2 aliphatic carbocycles. The van der Waals surface area contributed by atoms with Crippen LogP contribution in [0.15, 0.2) is 175 Å². The lowest BCUT2D eigenvalue weighted by Crippen LogP contribution is -2.26. The normalized spacial score (nSPS) is 15.8. The topological polar surface area (TPSA) is 43.6 Å². The molecule has 0 radical (unpaired) electrons. The van der Waals surface area contributed by atoms with E-state index in [1.165, 1.54) is 70.1 Å². The van der Waals surface area contributed by atoms with Crippen molar-refractivity contribution in [1.82, 2.24) is 19.5 Å². The lowest BCUT2D eigenvalue weighted by Gasteiger charge is -2.31. The molecule has 0 saturated heterocycles. The molecule has 57 heavy (non-hydrogen) atoms. The molecule has 0 N–H and O–H groups in total. The summed E-state index contributed by atoms with van der Waals surface area (Å²) in [5.74, 6) is 1.88. The van der Waals surface area contributed by atoms with E-state index >= 15 is 0 Å². The molecule has 1 spiro atoms. The maximum atomic E-state index is 5.42. The van der Waals surface area contributed by atoms with Crippen LogP contribution in [0.5, 0.6) is 0 Å². The quantitative estimate of drug-likeness (QED) is 0.180. The molecule has 0 aliphatic heterocycles. The van der Waals surface area contributed by atoms with Crippen LogP contribution in [0.2, 0.25) is 0 Å². The van der Waals surface area contributed by atoms with Gasteiger partial charge in [-0.05, 0) is 71.0 Å². The average molecular weight is 747 g/mol. The zero-order chi connectivity index (χ0) is 37.8. The van der Waals surface area contributed by atoms with Crippen LogP contribution < -0.4 is 0 Å². The van der Waals surface area contributed by atoms with Gasteiger partial charge < -0.3 is 0 Å². The monoisotopic (exact) mass is 746 g/mol.